The maximum absolute atomic E-state index is 11.7. The molecule has 0 aromatic rings. The number of carbonyl (C=O) groups excluding carboxylic acids is 2. The summed E-state index contributed by atoms with van der Waals surface area (Å²) in [6.07, 6.45) is 2.25. The van der Waals surface area contributed by atoms with Crippen LogP contribution in [0.3, 0.4) is 0 Å². The summed E-state index contributed by atoms with van der Waals surface area (Å²) in [5.74, 6) is 0.513. The quantitative estimate of drug-likeness (QED) is 0.724. The SMILES string of the molecule is CNC(=O)NC(=O)C(C)N1CCC(C)CC1. The van der Waals surface area contributed by atoms with Crippen LogP contribution in [-0.4, -0.2) is 43.0 Å². The topological polar surface area (TPSA) is 61.4 Å². The van der Waals surface area contributed by atoms with Gasteiger partial charge in [0.1, 0.15) is 0 Å². The number of nitrogens with one attached hydrogen (secondary N) is 2. The minimum atomic E-state index is -0.442. The van der Waals surface area contributed by atoms with E-state index in [9.17, 15) is 9.59 Å². The van der Waals surface area contributed by atoms with Gasteiger partial charge < -0.3 is 5.32 Å². The van der Waals surface area contributed by atoms with E-state index in [2.05, 4.69) is 22.5 Å². The monoisotopic (exact) mass is 227 g/mol. The van der Waals surface area contributed by atoms with E-state index in [1.54, 1.807) is 0 Å². The Morgan fingerprint density at radius 2 is 1.88 bits per heavy atom. The Kier molecular flexibility index (Phi) is 4.73. The predicted octanol–water partition coefficient (Wildman–Crippen LogP) is 0.562. The van der Waals surface area contributed by atoms with Crippen LogP contribution in [0, 0.1) is 5.92 Å². The Morgan fingerprint density at radius 3 is 2.38 bits per heavy atom. The molecule has 1 unspecified atom stereocenters. The molecule has 0 saturated carbocycles. The number of likely N-dealkylation sites (tertiary alicyclic amines) is 1. The van der Waals surface area contributed by atoms with Crippen molar-refractivity contribution in [2.75, 3.05) is 20.1 Å². The molecule has 5 heteroatoms. The molecule has 3 amide bonds. The Labute approximate surface area is 96.6 Å². The van der Waals surface area contributed by atoms with Gasteiger partial charge in [-0.15, -0.1) is 0 Å². The highest BCUT2D eigenvalue weighted by Gasteiger charge is 2.25. The molecule has 0 spiro atoms. The molecule has 0 radical (unpaired) electrons. The number of hydrogen-bond acceptors (Lipinski definition) is 3. The van der Waals surface area contributed by atoms with E-state index in [1.807, 2.05) is 6.92 Å². The van der Waals surface area contributed by atoms with Gasteiger partial charge in [0.25, 0.3) is 0 Å². The highest BCUT2D eigenvalue weighted by atomic mass is 16.2. The van der Waals surface area contributed by atoms with Crippen molar-refractivity contribution in [3.8, 4) is 0 Å². The number of piperidine rings is 1. The van der Waals surface area contributed by atoms with Gasteiger partial charge in [-0.3, -0.25) is 15.0 Å². The van der Waals surface area contributed by atoms with Crippen LogP contribution in [0.2, 0.25) is 0 Å². The second kappa shape index (κ2) is 5.84. The molecule has 1 atom stereocenters. The number of urea groups is 1. The molecule has 1 rings (SSSR count). The van der Waals surface area contributed by atoms with Crippen LogP contribution in [0.5, 0.6) is 0 Å². The second-order valence-corrected chi connectivity index (χ2v) is 4.46. The van der Waals surface area contributed by atoms with Crippen molar-refractivity contribution in [1.82, 2.24) is 15.5 Å². The van der Waals surface area contributed by atoms with E-state index in [1.165, 1.54) is 7.05 Å². The molecule has 5 nitrogen and oxygen atoms in total. The molecule has 1 aliphatic heterocycles. The third kappa shape index (κ3) is 3.48. The van der Waals surface area contributed by atoms with Crippen molar-refractivity contribution >= 4 is 11.9 Å². The first-order valence-electron chi connectivity index (χ1n) is 5.81. The number of rotatable bonds is 2. The van der Waals surface area contributed by atoms with Crippen LogP contribution in [0.15, 0.2) is 0 Å². The van der Waals surface area contributed by atoms with Crippen molar-refractivity contribution in [3.05, 3.63) is 0 Å². The third-order valence-corrected chi connectivity index (χ3v) is 3.21. The standard InChI is InChI=1S/C11H21N3O2/c1-8-4-6-14(7-5-8)9(2)10(15)13-11(16)12-3/h8-9H,4-7H2,1-3H3,(H2,12,13,15,16). The second-order valence-electron chi connectivity index (χ2n) is 4.46. The van der Waals surface area contributed by atoms with Crippen molar-refractivity contribution < 1.29 is 9.59 Å². The highest BCUT2D eigenvalue weighted by molar-refractivity contribution is 5.96. The number of carbonyl (C=O) groups is 2. The Hall–Kier alpha value is -1.10. The van der Waals surface area contributed by atoms with Crippen LogP contribution in [0.4, 0.5) is 4.79 Å². The zero-order chi connectivity index (χ0) is 12.1. The van der Waals surface area contributed by atoms with Crippen molar-refractivity contribution in [3.63, 3.8) is 0 Å². The summed E-state index contributed by atoms with van der Waals surface area (Å²) in [6, 6.07) is -0.674. The van der Waals surface area contributed by atoms with E-state index in [-0.39, 0.29) is 11.9 Å². The van der Waals surface area contributed by atoms with Gasteiger partial charge in [0.15, 0.2) is 0 Å². The van der Waals surface area contributed by atoms with Crippen molar-refractivity contribution in [2.45, 2.75) is 32.7 Å². The number of amides is 3. The highest BCUT2D eigenvalue weighted by Crippen LogP contribution is 2.17. The molecule has 0 aliphatic carbocycles. The molecule has 16 heavy (non-hydrogen) atoms. The molecule has 0 aromatic carbocycles. The lowest BCUT2D eigenvalue weighted by molar-refractivity contribution is -0.125. The van der Waals surface area contributed by atoms with Crippen LogP contribution >= 0.6 is 0 Å². The number of hydrogen-bond donors (Lipinski definition) is 2. The summed E-state index contributed by atoms with van der Waals surface area (Å²) < 4.78 is 0. The Bertz CT molecular complexity index is 260. The average Bonchev–Trinajstić information content (AvgIpc) is 2.28. The van der Waals surface area contributed by atoms with Crippen LogP contribution in [0.25, 0.3) is 0 Å². The molecule has 2 N–H and O–H groups in total. The lowest BCUT2D eigenvalue weighted by atomic mass is 9.98. The Balaban J connectivity index is 2.41. The smallest absolute Gasteiger partial charge is 0.321 e. The fraction of sp³-hybridized carbons (Fsp3) is 0.818. The molecular weight excluding hydrogens is 206 g/mol. The molecule has 1 heterocycles. The minimum absolute atomic E-state index is 0.228. The molecule has 1 saturated heterocycles. The van der Waals surface area contributed by atoms with Crippen LogP contribution < -0.4 is 10.6 Å². The van der Waals surface area contributed by atoms with Crippen LogP contribution in [-0.2, 0) is 4.79 Å². The van der Waals surface area contributed by atoms with Gasteiger partial charge in [-0.2, -0.15) is 0 Å². The first kappa shape index (κ1) is 13.0. The molecule has 1 fully saturated rings. The number of nitrogens with zero attached hydrogens (tertiary/aromatic N) is 1. The van der Waals surface area contributed by atoms with E-state index in [4.69, 9.17) is 0 Å². The van der Waals surface area contributed by atoms with Crippen molar-refractivity contribution in [2.24, 2.45) is 5.92 Å². The molecular formula is C11H21N3O2. The first-order valence-corrected chi connectivity index (χ1v) is 5.81. The predicted molar refractivity (Wildman–Crippen MR) is 62.0 cm³/mol. The minimum Gasteiger partial charge on any atom is -0.341 e. The van der Waals surface area contributed by atoms with Gasteiger partial charge in [-0.25, -0.2) is 4.79 Å². The molecule has 1 aliphatic rings. The van der Waals surface area contributed by atoms with Gasteiger partial charge in [0, 0.05) is 7.05 Å². The summed E-state index contributed by atoms with van der Waals surface area (Å²) >= 11 is 0. The molecule has 0 bridgehead atoms. The fourth-order valence-electron chi connectivity index (χ4n) is 1.86. The summed E-state index contributed by atoms with van der Waals surface area (Å²) in [4.78, 5) is 24.8. The lowest BCUT2D eigenvalue weighted by Gasteiger charge is -2.33. The summed E-state index contributed by atoms with van der Waals surface area (Å²) in [6.45, 7) is 5.94. The van der Waals surface area contributed by atoms with E-state index >= 15 is 0 Å². The maximum atomic E-state index is 11.7. The van der Waals surface area contributed by atoms with Gasteiger partial charge in [0.2, 0.25) is 5.91 Å². The molecule has 0 aromatic heterocycles. The van der Waals surface area contributed by atoms with E-state index < -0.39 is 6.03 Å². The van der Waals surface area contributed by atoms with Gasteiger partial charge in [-0.1, -0.05) is 6.92 Å². The van der Waals surface area contributed by atoms with E-state index in [0.29, 0.717) is 0 Å². The summed E-state index contributed by atoms with van der Waals surface area (Å²) in [5.41, 5.74) is 0. The lowest BCUT2D eigenvalue weighted by Crippen LogP contribution is -2.50. The van der Waals surface area contributed by atoms with Gasteiger partial charge in [-0.05, 0) is 38.8 Å². The number of imide groups is 1. The summed E-state index contributed by atoms with van der Waals surface area (Å²) in [7, 11) is 1.50. The average molecular weight is 227 g/mol. The largest absolute Gasteiger partial charge is 0.341 e. The normalized spacial score (nSPS) is 20.2. The third-order valence-electron chi connectivity index (χ3n) is 3.21. The van der Waals surface area contributed by atoms with Gasteiger partial charge >= 0.3 is 6.03 Å². The fourth-order valence-corrected chi connectivity index (χ4v) is 1.86. The Morgan fingerprint density at radius 1 is 1.31 bits per heavy atom. The van der Waals surface area contributed by atoms with Gasteiger partial charge in [0.05, 0.1) is 6.04 Å². The van der Waals surface area contributed by atoms with Crippen molar-refractivity contribution in [1.29, 1.82) is 0 Å². The molecule has 92 valence electrons. The van der Waals surface area contributed by atoms with Crippen LogP contribution in [0.1, 0.15) is 26.7 Å². The summed E-state index contributed by atoms with van der Waals surface area (Å²) in [5, 5.41) is 4.68. The first-order chi connectivity index (χ1) is 7.54. The zero-order valence-corrected chi connectivity index (χ0v) is 10.2. The maximum Gasteiger partial charge on any atom is 0.321 e. The zero-order valence-electron chi connectivity index (χ0n) is 10.2. The van der Waals surface area contributed by atoms with E-state index in [0.717, 1.165) is 31.8 Å².